The van der Waals surface area contributed by atoms with Gasteiger partial charge in [-0.3, -0.25) is 0 Å². The van der Waals surface area contributed by atoms with Crippen LogP contribution in [-0.2, 0) is 0 Å². The molecule has 2 unspecified atom stereocenters. The van der Waals surface area contributed by atoms with Gasteiger partial charge in [-0.25, -0.2) is 0 Å². The molecule has 1 saturated carbocycles. The number of rotatable bonds is 4. The summed E-state index contributed by atoms with van der Waals surface area (Å²) in [5, 5.41) is 0. The van der Waals surface area contributed by atoms with Crippen molar-refractivity contribution in [2.75, 3.05) is 26.2 Å². The number of likely N-dealkylation sites (tertiary alicyclic amines) is 1. The monoisotopic (exact) mass is 209 g/mol. The van der Waals surface area contributed by atoms with Crippen LogP contribution in [0.5, 0.6) is 0 Å². The van der Waals surface area contributed by atoms with Crippen molar-refractivity contribution in [3.8, 4) is 0 Å². The van der Waals surface area contributed by atoms with Gasteiger partial charge in [-0.15, -0.1) is 0 Å². The lowest BCUT2D eigenvalue weighted by molar-refractivity contribution is -0.908. The van der Waals surface area contributed by atoms with Crippen LogP contribution in [0.1, 0.15) is 38.5 Å². The Labute approximate surface area is 93.8 Å². The Kier molecular flexibility index (Phi) is 4.18. The largest absolute Gasteiger partial charge is 0.335 e. The minimum Gasteiger partial charge on any atom is -0.335 e. The summed E-state index contributed by atoms with van der Waals surface area (Å²) in [5.74, 6) is 1.85. The summed E-state index contributed by atoms with van der Waals surface area (Å²) < 4.78 is 0. The molecule has 1 N–H and O–H groups in total. The number of quaternary nitrogens is 1. The standard InChI is InChI=1S/C13H24N2/c1-14-10-12-5-6-13(9-12)11-15-7-3-2-4-8-15/h12-13H,1-11H2/p+1. The molecule has 2 atom stereocenters. The van der Waals surface area contributed by atoms with Gasteiger partial charge in [0.05, 0.1) is 19.6 Å². The van der Waals surface area contributed by atoms with Crippen molar-refractivity contribution in [1.29, 1.82) is 0 Å². The fourth-order valence-electron chi connectivity index (χ4n) is 3.38. The Bertz CT molecular complexity index is 197. The first-order valence-corrected chi connectivity index (χ1v) is 6.64. The highest BCUT2D eigenvalue weighted by Gasteiger charge is 2.28. The Morgan fingerprint density at radius 3 is 2.53 bits per heavy atom. The van der Waals surface area contributed by atoms with Gasteiger partial charge in [-0.05, 0) is 51.2 Å². The van der Waals surface area contributed by atoms with Crippen LogP contribution in [0.2, 0.25) is 0 Å². The molecule has 2 rings (SSSR count). The van der Waals surface area contributed by atoms with E-state index in [1.165, 1.54) is 58.2 Å². The van der Waals surface area contributed by atoms with E-state index in [1.807, 2.05) is 4.90 Å². The summed E-state index contributed by atoms with van der Waals surface area (Å²) in [7, 11) is 0. The van der Waals surface area contributed by atoms with E-state index >= 15 is 0 Å². The molecule has 1 aliphatic carbocycles. The molecule has 1 saturated heterocycles. The van der Waals surface area contributed by atoms with Crippen molar-refractivity contribution in [1.82, 2.24) is 0 Å². The van der Waals surface area contributed by atoms with E-state index in [0.29, 0.717) is 0 Å². The van der Waals surface area contributed by atoms with Crippen molar-refractivity contribution in [2.45, 2.75) is 38.5 Å². The van der Waals surface area contributed by atoms with Gasteiger partial charge in [-0.1, -0.05) is 0 Å². The normalized spacial score (nSPS) is 33.1. The molecule has 2 aliphatic rings. The second kappa shape index (κ2) is 5.64. The van der Waals surface area contributed by atoms with Crippen LogP contribution < -0.4 is 4.90 Å². The Hall–Kier alpha value is -0.370. The maximum Gasteiger partial charge on any atom is 0.0799 e. The van der Waals surface area contributed by atoms with Crippen LogP contribution >= 0.6 is 0 Å². The van der Waals surface area contributed by atoms with Gasteiger partial charge in [0, 0.05) is 12.5 Å². The van der Waals surface area contributed by atoms with Crippen LogP contribution in [0.3, 0.4) is 0 Å². The molecule has 0 amide bonds. The molecule has 0 spiro atoms. The quantitative estimate of drug-likeness (QED) is 0.670. The van der Waals surface area contributed by atoms with Gasteiger partial charge in [0.25, 0.3) is 0 Å². The van der Waals surface area contributed by atoms with Gasteiger partial charge in [0.15, 0.2) is 0 Å². The molecule has 0 aromatic heterocycles. The average Bonchev–Trinajstić information content (AvgIpc) is 2.68. The highest BCUT2D eigenvalue weighted by atomic mass is 15.1. The number of aliphatic imine (C=N–C) groups is 1. The molecule has 2 fully saturated rings. The van der Waals surface area contributed by atoms with E-state index in [4.69, 9.17) is 0 Å². The molecule has 2 nitrogen and oxygen atoms in total. The lowest BCUT2D eigenvalue weighted by Crippen LogP contribution is -3.13. The number of piperidine rings is 1. The molecule has 2 heteroatoms. The van der Waals surface area contributed by atoms with Gasteiger partial charge in [-0.2, -0.15) is 0 Å². The highest BCUT2D eigenvalue weighted by Crippen LogP contribution is 2.30. The van der Waals surface area contributed by atoms with Crippen LogP contribution in [0.25, 0.3) is 0 Å². The minimum atomic E-state index is 0.858. The topological polar surface area (TPSA) is 16.8 Å². The lowest BCUT2D eigenvalue weighted by Gasteiger charge is -2.26. The summed E-state index contributed by atoms with van der Waals surface area (Å²) in [4.78, 5) is 5.92. The molecular weight excluding hydrogens is 184 g/mol. The van der Waals surface area contributed by atoms with Gasteiger partial charge in [0.2, 0.25) is 0 Å². The highest BCUT2D eigenvalue weighted by molar-refractivity contribution is 5.23. The smallest absolute Gasteiger partial charge is 0.0799 e. The molecule has 0 bridgehead atoms. The number of nitrogens with one attached hydrogen (secondary N) is 1. The number of hydrogen-bond donors (Lipinski definition) is 1. The summed E-state index contributed by atoms with van der Waals surface area (Å²) >= 11 is 0. The average molecular weight is 209 g/mol. The summed E-state index contributed by atoms with van der Waals surface area (Å²) in [5.41, 5.74) is 0. The second-order valence-corrected chi connectivity index (χ2v) is 5.47. The molecule has 0 radical (unpaired) electrons. The van der Waals surface area contributed by atoms with Gasteiger partial charge in [0.1, 0.15) is 0 Å². The van der Waals surface area contributed by atoms with Crippen LogP contribution in [0.4, 0.5) is 0 Å². The fraction of sp³-hybridized carbons (Fsp3) is 0.923. The van der Waals surface area contributed by atoms with Crippen LogP contribution in [-0.4, -0.2) is 32.9 Å². The number of nitrogens with zero attached hydrogens (tertiary/aromatic N) is 1. The van der Waals surface area contributed by atoms with Crippen molar-refractivity contribution in [2.24, 2.45) is 16.8 Å². The third-order valence-corrected chi connectivity index (χ3v) is 4.18. The summed E-state index contributed by atoms with van der Waals surface area (Å²) in [6.07, 6.45) is 8.65. The third kappa shape index (κ3) is 3.30. The maximum atomic E-state index is 4.04. The Morgan fingerprint density at radius 2 is 1.80 bits per heavy atom. The van der Waals surface area contributed by atoms with Crippen molar-refractivity contribution in [3.63, 3.8) is 0 Å². The van der Waals surface area contributed by atoms with Crippen LogP contribution in [0, 0.1) is 11.8 Å². The first-order valence-electron chi connectivity index (χ1n) is 6.64. The SMILES string of the molecule is C=NCC1CCC(C[NH+]2CCCCC2)C1. The van der Waals surface area contributed by atoms with Gasteiger partial charge >= 0.3 is 0 Å². The molecule has 0 aromatic carbocycles. The third-order valence-electron chi connectivity index (χ3n) is 4.18. The zero-order chi connectivity index (χ0) is 10.5. The van der Waals surface area contributed by atoms with E-state index in [2.05, 4.69) is 11.7 Å². The molecule has 15 heavy (non-hydrogen) atoms. The van der Waals surface area contributed by atoms with E-state index in [9.17, 15) is 0 Å². The zero-order valence-electron chi connectivity index (χ0n) is 9.88. The Morgan fingerprint density at radius 1 is 1.07 bits per heavy atom. The summed E-state index contributed by atoms with van der Waals surface area (Å²) in [6.45, 7) is 8.92. The molecule has 1 heterocycles. The summed E-state index contributed by atoms with van der Waals surface area (Å²) in [6, 6.07) is 0. The van der Waals surface area contributed by atoms with Crippen LogP contribution in [0.15, 0.2) is 4.99 Å². The van der Waals surface area contributed by atoms with E-state index < -0.39 is 0 Å². The van der Waals surface area contributed by atoms with Crippen molar-refractivity contribution < 1.29 is 4.90 Å². The lowest BCUT2D eigenvalue weighted by atomic mass is 10.0. The van der Waals surface area contributed by atoms with Gasteiger partial charge < -0.3 is 9.89 Å². The van der Waals surface area contributed by atoms with E-state index in [1.54, 1.807) is 0 Å². The predicted molar refractivity (Wildman–Crippen MR) is 64.7 cm³/mol. The molecule has 86 valence electrons. The molecular formula is C13H25N2+. The fourth-order valence-corrected chi connectivity index (χ4v) is 3.38. The Balaban J connectivity index is 1.69. The maximum absolute atomic E-state index is 4.04. The van der Waals surface area contributed by atoms with Crippen molar-refractivity contribution >= 4 is 6.72 Å². The number of hydrogen-bond acceptors (Lipinski definition) is 1. The molecule has 0 aromatic rings. The first kappa shape index (κ1) is 11.1. The first-order chi connectivity index (χ1) is 7.38. The van der Waals surface area contributed by atoms with E-state index in [-0.39, 0.29) is 0 Å². The molecule has 1 aliphatic heterocycles. The van der Waals surface area contributed by atoms with Crippen molar-refractivity contribution in [3.05, 3.63) is 0 Å². The van der Waals surface area contributed by atoms with E-state index in [0.717, 1.165) is 18.4 Å². The predicted octanol–water partition coefficient (Wildman–Crippen LogP) is 1.17. The minimum absolute atomic E-state index is 0.858. The zero-order valence-corrected chi connectivity index (χ0v) is 9.88. The second-order valence-electron chi connectivity index (χ2n) is 5.47.